The summed E-state index contributed by atoms with van der Waals surface area (Å²) in [7, 11) is 0. The van der Waals surface area contributed by atoms with Gasteiger partial charge in [-0.1, -0.05) is 13.3 Å². The van der Waals surface area contributed by atoms with Gasteiger partial charge in [0.05, 0.1) is 12.7 Å². The summed E-state index contributed by atoms with van der Waals surface area (Å²) in [5.74, 6) is 0. The van der Waals surface area contributed by atoms with Crippen LogP contribution in [0.15, 0.2) is 0 Å². The molecule has 2 aliphatic rings. The molecule has 0 aliphatic carbocycles. The van der Waals surface area contributed by atoms with Crippen molar-refractivity contribution in [3.63, 3.8) is 0 Å². The molecule has 0 bridgehead atoms. The zero-order chi connectivity index (χ0) is 11.9. The topological polar surface area (TPSA) is 33.7 Å². The standard InChI is InChI=1S/C13H26N2O2/c1-2-15(9-12-5-3-4-7-14-12)10-13-6-8-16-11-17-13/h12-14H,2-11H2,1H3. The molecule has 0 saturated carbocycles. The third-order valence-electron chi connectivity index (χ3n) is 3.77. The van der Waals surface area contributed by atoms with Crippen LogP contribution in [-0.4, -0.2) is 56.6 Å². The van der Waals surface area contributed by atoms with Crippen molar-refractivity contribution >= 4 is 0 Å². The molecule has 2 heterocycles. The van der Waals surface area contributed by atoms with E-state index < -0.39 is 0 Å². The molecule has 0 aromatic heterocycles. The van der Waals surface area contributed by atoms with Crippen molar-refractivity contribution in [2.45, 2.75) is 44.8 Å². The SMILES string of the molecule is CCN(CC1CCCCN1)CC1CCOCO1. The van der Waals surface area contributed by atoms with Gasteiger partial charge in [-0.3, -0.25) is 4.90 Å². The second-order valence-corrected chi connectivity index (χ2v) is 5.10. The summed E-state index contributed by atoms with van der Waals surface area (Å²) in [5.41, 5.74) is 0. The molecule has 2 aliphatic heterocycles. The zero-order valence-electron chi connectivity index (χ0n) is 11.0. The monoisotopic (exact) mass is 242 g/mol. The lowest BCUT2D eigenvalue weighted by molar-refractivity contribution is -0.144. The number of nitrogens with one attached hydrogen (secondary N) is 1. The fourth-order valence-corrected chi connectivity index (χ4v) is 2.66. The highest BCUT2D eigenvalue weighted by molar-refractivity contribution is 4.77. The van der Waals surface area contributed by atoms with Crippen LogP contribution >= 0.6 is 0 Å². The van der Waals surface area contributed by atoms with Gasteiger partial charge < -0.3 is 14.8 Å². The molecule has 0 aromatic rings. The van der Waals surface area contributed by atoms with E-state index in [2.05, 4.69) is 17.1 Å². The molecule has 1 N–H and O–H groups in total. The van der Waals surface area contributed by atoms with Gasteiger partial charge in [-0.2, -0.15) is 0 Å². The van der Waals surface area contributed by atoms with Gasteiger partial charge in [0.25, 0.3) is 0 Å². The highest BCUT2D eigenvalue weighted by atomic mass is 16.7. The minimum Gasteiger partial charge on any atom is -0.355 e. The fourth-order valence-electron chi connectivity index (χ4n) is 2.66. The molecule has 2 unspecified atom stereocenters. The highest BCUT2D eigenvalue weighted by Crippen LogP contribution is 2.11. The van der Waals surface area contributed by atoms with Crippen molar-refractivity contribution in [2.75, 3.05) is 39.6 Å². The van der Waals surface area contributed by atoms with Gasteiger partial charge in [0.15, 0.2) is 0 Å². The van der Waals surface area contributed by atoms with Crippen LogP contribution in [0.4, 0.5) is 0 Å². The first kappa shape index (κ1) is 13.3. The number of ether oxygens (including phenoxy) is 2. The average molecular weight is 242 g/mol. The van der Waals surface area contributed by atoms with E-state index >= 15 is 0 Å². The van der Waals surface area contributed by atoms with E-state index in [-0.39, 0.29) is 0 Å². The van der Waals surface area contributed by atoms with Crippen LogP contribution in [0.5, 0.6) is 0 Å². The third kappa shape index (κ3) is 4.54. The second kappa shape index (κ2) is 7.31. The lowest BCUT2D eigenvalue weighted by atomic mass is 10.0. The molecule has 2 atom stereocenters. The summed E-state index contributed by atoms with van der Waals surface area (Å²) >= 11 is 0. The quantitative estimate of drug-likeness (QED) is 0.786. The van der Waals surface area contributed by atoms with Gasteiger partial charge in [-0.25, -0.2) is 0 Å². The molecule has 2 saturated heterocycles. The van der Waals surface area contributed by atoms with E-state index in [0.717, 1.165) is 32.7 Å². The van der Waals surface area contributed by atoms with Crippen LogP contribution < -0.4 is 5.32 Å². The Labute approximate surface area is 105 Å². The molecule has 0 spiro atoms. The zero-order valence-corrected chi connectivity index (χ0v) is 11.0. The predicted molar refractivity (Wildman–Crippen MR) is 68.1 cm³/mol. The number of rotatable bonds is 5. The summed E-state index contributed by atoms with van der Waals surface area (Å²) in [6.07, 6.45) is 5.45. The van der Waals surface area contributed by atoms with Crippen LogP contribution in [0.2, 0.25) is 0 Å². The minimum atomic E-state index is 0.368. The Morgan fingerprint density at radius 1 is 1.24 bits per heavy atom. The molecule has 4 heteroatoms. The molecular weight excluding hydrogens is 216 g/mol. The first-order chi connectivity index (χ1) is 8.38. The van der Waals surface area contributed by atoms with Crippen LogP contribution in [0, 0.1) is 0 Å². The van der Waals surface area contributed by atoms with E-state index in [1.54, 1.807) is 0 Å². The van der Waals surface area contributed by atoms with E-state index in [4.69, 9.17) is 9.47 Å². The molecule has 2 fully saturated rings. The molecule has 0 aromatic carbocycles. The molecule has 4 nitrogen and oxygen atoms in total. The van der Waals surface area contributed by atoms with Gasteiger partial charge in [0.1, 0.15) is 6.79 Å². The second-order valence-electron chi connectivity index (χ2n) is 5.10. The maximum Gasteiger partial charge on any atom is 0.147 e. The summed E-state index contributed by atoms with van der Waals surface area (Å²) in [6, 6.07) is 0.684. The van der Waals surface area contributed by atoms with Crippen molar-refractivity contribution in [2.24, 2.45) is 0 Å². The highest BCUT2D eigenvalue weighted by Gasteiger charge is 2.20. The van der Waals surface area contributed by atoms with Crippen LogP contribution in [0.3, 0.4) is 0 Å². The Kier molecular flexibility index (Phi) is 5.71. The third-order valence-corrected chi connectivity index (χ3v) is 3.77. The fraction of sp³-hybridized carbons (Fsp3) is 1.00. The molecule has 0 radical (unpaired) electrons. The van der Waals surface area contributed by atoms with Crippen LogP contribution in [0.25, 0.3) is 0 Å². The number of likely N-dealkylation sites (N-methyl/N-ethyl adjacent to an activating group) is 1. The van der Waals surface area contributed by atoms with Gasteiger partial charge in [0, 0.05) is 19.1 Å². The van der Waals surface area contributed by atoms with Crippen molar-refractivity contribution < 1.29 is 9.47 Å². The summed E-state index contributed by atoms with van der Waals surface area (Å²) in [4.78, 5) is 2.51. The Bertz CT molecular complexity index is 182. The smallest absolute Gasteiger partial charge is 0.147 e. The molecule has 17 heavy (non-hydrogen) atoms. The summed E-state index contributed by atoms with van der Waals surface area (Å²) < 4.78 is 10.8. The van der Waals surface area contributed by atoms with E-state index in [1.807, 2.05) is 0 Å². The van der Waals surface area contributed by atoms with Crippen molar-refractivity contribution in [3.8, 4) is 0 Å². The first-order valence-corrected chi connectivity index (χ1v) is 7.03. The Morgan fingerprint density at radius 2 is 2.18 bits per heavy atom. The Morgan fingerprint density at radius 3 is 2.82 bits per heavy atom. The lowest BCUT2D eigenvalue weighted by Crippen LogP contribution is -2.46. The van der Waals surface area contributed by atoms with E-state index in [9.17, 15) is 0 Å². The van der Waals surface area contributed by atoms with Gasteiger partial charge in [-0.05, 0) is 32.4 Å². The maximum absolute atomic E-state index is 5.62. The maximum atomic E-state index is 5.62. The van der Waals surface area contributed by atoms with Crippen molar-refractivity contribution in [1.29, 1.82) is 0 Å². The molecular formula is C13H26N2O2. The Hall–Kier alpha value is -0.160. The van der Waals surface area contributed by atoms with Gasteiger partial charge in [0.2, 0.25) is 0 Å². The summed E-state index contributed by atoms with van der Waals surface area (Å²) in [5, 5.41) is 3.61. The van der Waals surface area contributed by atoms with E-state index in [0.29, 0.717) is 18.9 Å². The largest absolute Gasteiger partial charge is 0.355 e. The van der Waals surface area contributed by atoms with Crippen molar-refractivity contribution in [3.05, 3.63) is 0 Å². The summed E-state index contributed by atoms with van der Waals surface area (Å²) in [6.45, 7) is 8.08. The average Bonchev–Trinajstić information content (AvgIpc) is 2.40. The predicted octanol–water partition coefficient (Wildman–Crippen LogP) is 1.21. The molecule has 2 rings (SSSR count). The van der Waals surface area contributed by atoms with Crippen LogP contribution in [-0.2, 0) is 9.47 Å². The molecule has 0 amide bonds. The number of nitrogens with zero attached hydrogens (tertiary/aromatic N) is 1. The number of hydrogen-bond acceptors (Lipinski definition) is 4. The molecule has 100 valence electrons. The van der Waals surface area contributed by atoms with Crippen LogP contribution in [0.1, 0.15) is 32.6 Å². The normalized spacial score (nSPS) is 30.7. The van der Waals surface area contributed by atoms with Gasteiger partial charge in [-0.15, -0.1) is 0 Å². The van der Waals surface area contributed by atoms with E-state index in [1.165, 1.54) is 25.8 Å². The van der Waals surface area contributed by atoms with Gasteiger partial charge >= 0.3 is 0 Å². The minimum absolute atomic E-state index is 0.368. The number of hydrogen-bond donors (Lipinski definition) is 1. The lowest BCUT2D eigenvalue weighted by Gasteiger charge is -2.33. The van der Waals surface area contributed by atoms with Crippen molar-refractivity contribution in [1.82, 2.24) is 10.2 Å². The Balaban J connectivity index is 1.71. The first-order valence-electron chi connectivity index (χ1n) is 7.03. The number of piperidine rings is 1.